The third-order valence-electron chi connectivity index (χ3n) is 12.0. The minimum Gasteiger partial charge on any atom is -0.482 e. The molecular weight excluding hydrogens is 530 g/mol. The molecule has 3 aromatic rings. The van der Waals surface area contributed by atoms with Gasteiger partial charge >= 0.3 is 0 Å². The van der Waals surface area contributed by atoms with Crippen LogP contribution in [0.4, 0.5) is 0 Å². The molecule has 1 aromatic heterocycles. The number of rotatable bonds is 10. The largest absolute Gasteiger partial charge is 0.482 e. The van der Waals surface area contributed by atoms with E-state index in [1.807, 2.05) is 7.11 Å². The Hall–Kier alpha value is -3.01. The summed E-state index contributed by atoms with van der Waals surface area (Å²) in [5.74, 6) is 3.37. The molecule has 5 aliphatic carbocycles. The average Bonchev–Trinajstić information content (AvgIpc) is 3.53. The number of nitrogens with zero attached hydrogens (tertiary/aromatic N) is 4. The maximum Gasteiger partial charge on any atom is 0.211 e. The quantitative estimate of drug-likeness (QED) is 0.388. The van der Waals surface area contributed by atoms with Gasteiger partial charge in [0.05, 0.1) is 13.2 Å². The molecule has 10 rings (SSSR count). The fourth-order valence-electron chi connectivity index (χ4n) is 10.1. The first-order chi connectivity index (χ1) is 20.7. The standard InChI is InChI=1S/C33H39N5O4/c1-39-33-12-11-31(16-24(33)19-40-18-22-5-3-2-4-6-22)26-15-23-9-10-25(41-20-27-34-36-37-35-27)29-28(23)32(31,30(33)42-29)13-14-38(26)17-21-7-8-21/h2-6,9-10,21,24,26,30H,7-8,11-20H2,1H3,(H,34,35,36,37)/t24?,26-,30?,31?,32?,33?/m0/s1. The zero-order chi connectivity index (χ0) is 27.9. The third kappa shape index (κ3) is 3.38. The van der Waals surface area contributed by atoms with Crippen LogP contribution >= 0.6 is 0 Å². The molecule has 0 amide bonds. The average molecular weight is 570 g/mol. The van der Waals surface area contributed by atoms with Crippen molar-refractivity contribution >= 4 is 0 Å². The lowest BCUT2D eigenvalue weighted by atomic mass is 9.35. The molecule has 9 nitrogen and oxygen atoms in total. The van der Waals surface area contributed by atoms with Crippen molar-refractivity contribution in [2.45, 2.75) is 81.3 Å². The van der Waals surface area contributed by atoms with Crippen molar-refractivity contribution in [2.24, 2.45) is 17.3 Å². The summed E-state index contributed by atoms with van der Waals surface area (Å²) >= 11 is 0. The van der Waals surface area contributed by atoms with E-state index < -0.39 is 5.60 Å². The van der Waals surface area contributed by atoms with Gasteiger partial charge in [-0.05, 0) is 74.6 Å². The van der Waals surface area contributed by atoms with Gasteiger partial charge in [0, 0.05) is 42.0 Å². The number of likely N-dealkylation sites (tertiary alicyclic amines) is 1. The van der Waals surface area contributed by atoms with Crippen LogP contribution in [0.2, 0.25) is 0 Å². The predicted molar refractivity (Wildman–Crippen MR) is 153 cm³/mol. The predicted octanol–water partition coefficient (Wildman–Crippen LogP) is 4.22. The van der Waals surface area contributed by atoms with Gasteiger partial charge in [-0.3, -0.25) is 4.90 Å². The van der Waals surface area contributed by atoms with Gasteiger partial charge in [-0.15, -0.1) is 10.2 Å². The Balaban J connectivity index is 1.12. The summed E-state index contributed by atoms with van der Waals surface area (Å²) in [5, 5.41) is 14.4. The van der Waals surface area contributed by atoms with Crippen molar-refractivity contribution in [3.05, 3.63) is 65.0 Å². The number of fused-ring (bicyclic) bond motifs is 2. The van der Waals surface area contributed by atoms with Crippen LogP contribution in [0.3, 0.4) is 0 Å². The van der Waals surface area contributed by atoms with Gasteiger partial charge in [-0.1, -0.05) is 41.6 Å². The number of piperidine rings is 1. The topological polar surface area (TPSA) is 94.6 Å². The van der Waals surface area contributed by atoms with E-state index in [9.17, 15) is 0 Å². The smallest absolute Gasteiger partial charge is 0.211 e. The SMILES string of the molecule is COC12CCC3(CC1COCc1ccccc1)[C@@H]1Cc4ccc(OCc5nn[nH]n5)c5c4C3(CCN1CC1CC1)C2O5. The number of nitrogens with one attached hydrogen (secondary N) is 1. The van der Waals surface area contributed by atoms with Gasteiger partial charge in [0.2, 0.25) is 5.82 Å². The summed E-state index contributed by atoms with van der Waals surface area (Å²) in [4.78, 5) is 2.88. The summed E-state index contributed by atoms with van der Waals surface area (Å²) in [6.07, 6.45) is 8.20. The van der Waals surface area contributed by atoms with Crippen molar-refractivity contribution in [2.75, 3.05) is 26.8 Å². The van der Waals surface area contributed by atoms with Crippen molar-refractivity contribution in [3.8, 4) is 11.5 Å². The Morgan fingerprint density at radius 1 is 1.07 bits per heavy atom. The number of benzene rings is 2. The Morgan fingerprint density at radius 3 is 2.79 bits per heavy atom. The van der Waals surface area contributed by atoms with Gasteiger partial charge < -0.3 is 18.9 Å². The van der Waals surface area contributed by atoms with Crippen molar-refractivity contribution < 1.29 is 18.9 Å². The van der Waals surface area contributed by atoms with Gasteiger partial charge in [0.25, 0.3) is 0 Å². The summed E-state index contributed by atoms with van der Waals surface area (Å²) in [7, 11) is 1.91. The summed E-state index contributed by atoms with van der Waals surface area (Å²) in [6.45, 7) is 3.92. The Labute approximate surface area is 246 Å². The number of hydrogen-bond donors (Lipinski definition) is 1. The molecule has 2 aliphatic heterocycles. The third-order valence-corrected chi connectivity index (χ3v) is 12.0. The van der Waals surface area contributed by atoms with E-state index in [-0.39, 0.29) is 29.5 Å². The molecule has 2 aromatic carbocycles. The molecule has 42 heavy (non-hydrogen) atoms. The van der Waals surface area contributed by atoms with E-state index in [1.54, 1.807) is 0 Å². The second-order valence-corrected chi connectivity index (χ2v) is 13.6. The first kappa shape index (κ1) is 25.5. The van der Waals surface area contributed by atoms with Crippen LogP contribution in [0.5, 0.6) is 11.5 Å². The molecule has 4 bridgehead atoms. The highest BCUT2D eigenvalue weighted by atomic mass is 16.6. The lowest BCUT2D eigenvalue weighted by molar-refractivity contribution is -0.283. The molecule has 220 valence electrons. The maximum atomic E-state index is 7.24. The second kappa shape index (κ2) is 9.24. The van der Waals surface area contributed by atoms with E-state index in [0.717, 1.165) is 49.6 Å². The van der Waals surface area contributed by atoms with Crippen molar-refractivity contribution in [1.29, 1.82) is 0 Å². The molecule has 1 saturated heterocycles. The zero-order valence-electron chi connectivity index (χ0n) is 24.3. The van der Waals surface area contributed by atoms with Crippen molar-refractivity contribution in [1.82, 2.24) is 25.5 Å². The fourth-order valence-corrected chi connectivity index (χ4v) is 10.1. The highest BCUT2D eigenvalue weighted by Gasteiger charge is 2.80. The van der Waals surface area contributed by atoms with E-state index in [1.165, 1.54) is 42.5 Å². The molecule has 9 heteroatoms. The highest BCUT2D eigenvalue weighted by Crippen LogP contribution is 2.76. The summed E-state index contributed by atoms with van der Waals surface area (Å²) < 4.78 is 26.8. The van der Waals surface area contributed by atoms with Gasteiger partial charge in [0.15, 0.2) is 18.1 Å². The van der Waals surface area contributed by atoms with Gasteiger partial charge in [-0.2, -0.15) is 5.21 Å². The van der Waals surface area contributed by atoms with Crippen molar-refractivity contribution in [3.63, 3.8) is 0 Å². The normalized spacial score (nSPS) is 35.6. The lowest BCUT2D eigenvalue weighted by Gasteiger charge is -2.74. The number of methoxy groups -OCH3 is 1. The van der Waals surface area contributed by atoms with Crippen LogP contribution in [-0.2, 0) is 34.5 Å². The molecule has 4 saturated carbocycles. The van der Waals surface area contributed by atoms with Crippen LogP contribution in [-0.4, -0.2) is 70.1 Å². The molecular formula is C33H39N5O4. The fraction of sp³-hybridized carbons (Fsp3) is 0.606. The summed E-state index contributed by atoms with van der Waals surface area (Å²) in [6, 6.07) is 15.4. The van der Waals surface area contributed by atoms with E-state index in [4.69, 9.17) is 18.9 Å². The monoisotopic (exact) mass is 569 g/mol. The van der Waals surface area contributed by atoms with E-state index in [2.05, 4.69) is 68.0 Å². The highest BCUT2D eigenvalue weighted by molar-refractivity contribution is 5.63. The first-order valence-electron chi connectivity index (χ1n) is 15.8. The molecule has 7 aliphatic rings. The maximum absolute atomic E-state index is 7.24. The van der Waals surface area contributed by atoms with Crippen LogP contribution in [0.25, 0.3) is 0 Å². The molecule has 5 fully saturated rings. The van der Waals surface area contributed by atoms with Crippen LogP contribution in [0, 0.1) is 17.3 Å². The number of H-pyrrole nitrogens is 1. The van der Waals surface area contributed by atoms with E-state index >= 15 is 0 Å². The molecule has 6 atom stereocenters. The number of aromatic amines is 1. The molecule has 5 unspecified atom stereocenters. The van der Waals surface area contributed by atoms with Gasteiger partial charge in [0.1, 0.15) is 11.7 Å². The number of ether oxygens (including phenoxy) is 4. The molecule has 3 heterocycles. The van der Waals surface area contributed by atoms with Crippen LogP contribution in [0.15, 0.2) is 42.5 Å². The number of tetrazole rings is 1. The second-order valence-electron chi connectivity index (χ2n) is 13.6. The number of aromatic nitrogens is 4. The van der Waals surface area contributed by atoms with Gasteiger partial charge in [-0.25, -0.2) is 0 Å². The zero-order valence-corrected chi connectivity index (χ0v) is 24.3. The lowest BCUT2D eigenvalue weighted by Crippen LogP contribution is -2.81. The Kier molecular flexibility index (Phi) is 5.61. The number of hydrogen-bond acceptors (Lipinski definition) is 8. The minimum atomic E-state index is -0.403. The first-order valence-corrected chi connectivity index (χ1v) is 15.8. The molecule has 1 N–H and O–H groups in total. The summed E-state index contributed by atoms with van der Waals surface area (Å²) in [5.41, 5.74) is 3.71. The Morgan fingerprint density at radius 2 is 1.98 bits per heavy atom. The van der Waals surface area contributed by atoms with Crippen LogP contribution in [0.1, 0.15) is 61.0 Å². The minimum absolute atomic E-state index is 0.0580. The van der Waals surface area contributed by atoms with Crippen LogP contribution < -0.4 is 9.47 Å². The van der Waals surface area contributed by atoms with E-state index in [0.29, 0.717) is 25.1 Å². The molecule has 0 radical (unpaired) electrons. The molecule has 2 spiro atoms. The Bertz CT molecular complexity index is 1480.